The average Bonchev–Trinajstić information content (AvgIpc) is 3.30. The number of alkyl halides is 3. The first-order valence-corrected chi connectivity index (χ1v) is 11.7. The fourth-order valence-corrected chi connectivity index (χ4v) is 3.79. The molecule has 2 heterocycles. The number of hydrogen-bond donors (Lipinski definition) is 2. The van der Waals surface area contributed by atoms with Crippen molar-refractivity contribution < 1.29 is 27.5 Å². The molecule has 8 nitrogen and oxygen atoms in total. The van der Waals surface area contributed by atoms with Gasteiger partial charge >= 0.3 is 6.18 Å². The van der Waals surface area contributed by atoms with E-state index < -0.39 is 17.6 Å². The summed E-state index contributed by atoms with van der Waals surface area (Å²) in [5, 5.41) is 9.98. The lowest BCUT2D eigenvalue weighted by Gasteiger charge is -2.09. The molecule has 2 aromatic heterocycles. The molecule has 5 aromatic rings. The monoisotopic (exact) mass is 551 g/mol. The Morgan fingerprint density at radius 1 is 0.846 bits per heavy atom. The van der Waals surface area contributed by atoms with Crippen LogP contribution in [-0.4, -0.2) is 26.4 Å². The molecule has 3 aromatic carbocycles. The van der Waals surface area contributed by atoms with Gasteiger partial charge in [-0.15, -0.1) is 5.10 Å². The average molecular weight is 552 g/mol. The Bertz CT molecular complexity index is 1700. The number of ether oxygens (including phenoxy) is 1. The van der Waals surface area contributed by atoms with Gasteiger partial charge in [0.1, 0.15) is 5.75 Å². The molecule has 0 spiro atoms. The largest absolute Gasteiger partial charge is 0.438 e. The molecular weight excluding hydrogens is 535 g/mol. The van der Waals surface area contributed by atoms with Crippen molar-refractivity contribution in [2.75, 3.05) is 10.6 Å². The van der Waals surface area contributed by atoms with Crippen LogP contribution < -0.4 is 15.4 Å². The fourth-order valence-electron chi connectivity index (χ4n) is 3.60. The van der Waals surface area contributed by atoms with E-state index in [2.05, 4.69) is 20.7 Å². The lowest BCUT2D eigenvalue weighted by atomic mass is 10.1. The molecule has 0 unspecified atom stereocenters. The number of amides is 2. The van der Waals surface area contributed by atoms with E-state index in [4.69, 9.17) is 16.3 Å². The summed E-state index contributed by atoms with van der Waals surface area (Å²) in [4.78, 5) is 29.2. The maximum absolute atomic E-state index is 13.0. The molecular formula is C27H17ClF3N5O3. The summed E-state index contributed by atoms with van der Waals surface area (Å²) in [5.74, 6) is -0.421. The van der Waals surface area contributed by atoms with Gasteiger partial charge < -0.3 is 15.4 Å². The lowest BCUT2D eigenvalue weighted by molar-refractivity contribution is -0.137. The third-order valence-electron chi connectivity index (χ3n) is 5.39. The van der Waals surface area contributed by atoms with Crippen LogP contribution in [0.15, 0.2) is 91.1 Å². The zero-order valence-corrected chi connectivity index (χ0v) is 20.5. The molecule has 12 heteroatoms. The number of carbonyl (C=O) groups excluding carboxylic acids is 2. The van der Waals surface area contributed by atoms with Gasteiger partial charge in [-0.1, -0.05) is 29.8 Å². The minimum Gasteiger partial charge on any atom is -0.438 e. The Hall–Kier alpha value is -4.90. The maximum atomic E-state index is 13.0. The minimum absolute atomic E-state index is 0.0905. The first-order valence-electron chi connectivity index (χ1n) is 11.3. The number of hydrogen-bond acceptors (Lipinski definition) is 5. The maximum Gasteiger partial charge on any atom is 0.416 e. The molecule has 196 valence electrons. The van der Waals surface area contributed by atoms with E-state index in [1.54, 1.807) is 60.7 Å². The van der Waals surface area contributed by atoms with Gasteiger partial charge in [0.05, 0.1) is 11.8 Å². The summed E-state index contributed by atoms with van der Waals surface area (Å²) in [6.07, 6.45) is -3.17. The molecule has 0 aliphatic rings. The minimum atomic E-state index is -4.57. The van der Waals surface area contributed by atoms with E-state index in [0.717, 1.165) is 18.2 Å². The SMILES string of the molecule is O=C(Nc1cccc(Oc2ccc3nc(NC(=O)c4cccc(C(F)(F)F)c4)cn3n2)c1)c1cccc(Cl)c1. The molecule has 0 saturated carbocycles. The molecule has 39 heavy (non-hydrogen) atoms. The first-order chi connectivity index (χ1) is 18.6. The third kappa shape index (κ3) is 6.16. The van der Waals surface area contributed by atoms with Gasteiger partial charge in [-0.2, -0.15) is 13.2 Å². The molecule has 5 rings (SSSR count). The van der Waals surface area contributed by atoms with Crippen molar-refractivity contribution in [1.82, 2.24) is 14.6 Å². The smallest absolute Gasteiger partial charge is 0.416 e. The zero-order valence-electron chi connectivity index (χ0n) is 19.7. The summed E-state index contributed by atoms with van der Waals surface area (Å²) < 4.78 is 46.1. The quantitative estimate of drug-likeness (QED) is 0.245. The number of rotatable bonds is 6. The lowest BCUT2D eigenvalue weighted by Crippen LogP contribution is -2.14. The third-order valence-corrected chi connectivity index (χ3v) is 5.63. The molecule has 0 aliphatic carbocycles. The number of carbonyl (C=O) groups is 2. The molecule has 0 aliphatic heterocycles. The van der Waals surface area contributed by atoms with Crippen LogP contribution in [0.3, 0.4) is 0 Å². The number of aromatic nitrogens is 3. The Morgan fingerprint density at radius 2 is 1.56 bits per heavy atom. The Kier molecular flexibility index (Phi) is 6.90. The Balaban J connectivity index is 1.28. The number of fused-ring (bicyclic) bond motifs is 1. The van der Waals surface area contributed by atoms with E-state index in [0.29, 0.717) is 27.7 Å². The summed E-state index contributed by atoms with van der Waals surface area (Å²) in [7, 11) is 0. The first kappa shape index (κ1) is 25.7. The zero-order chi connectivity index (χ0) is 27.6. The van der Waals surface area contributed by atoms with E-state index in [1.165, 1.54) is 16.8 Å². The molecule has 0 saturated heterocycles. The summed E-state index contributed by atoms with van der Waals surface area (Å²) >= 11 is 5.95. The van der Waals surface area contributed by atoms with Gasteiger partial charge in [0.25, 0.3) is 11.8 Å². The Labute approximate surface area is 224 Å². The van der Waals surface area contributed by atoms with Gasteiger partial charge in [0.2, 0.25) is 5.88 Å². The normalized spacial score (nSPS) is 11.3. The second-order valence-corrected chi connectivity index (χ2v) is 8.66. The molecule has 0 fully saturated rings. The summed E-state index contributed by atoms with van der Waals surface area (Å²) in [6.45, 7) is 0. The van der Waals surface area contributed by atoms with Crippen LogP contribution in [0.2, 0.25) is 5.02 Å². The summed E-state index contributed by atoms with van der Waals surface area (Å²) in [5.41, 5.74) is 0.157. The number of anilines is 2. The van der Waals surface area contributed by atoms with Crippen LogP contribution in [0.4, 0.5) is 24.7 Å². The predicted molar refractivity (Wildman–Crippen MR) is 138 cm³/mol. The van der Waals surface area contributed by atoms with Crippen molar-refractivity contribution >= 4 is 40.6 Å². The van der Waals surface area contributed by atoms with Crippen molar-refractivity contribution in [2.24, 2.45) is 0 Å². The van der Waals surface area contributed by atoms with E-state index >= 15 is 0 Å². The second kappa shape index (κ2) is 10.5. The van der Waals surface area contributed by atoms with Gasteiger partial charge in [0.15, 0.2) is 11.5 Å². The number of nitrogens with one attached hydrogen (secondary N) is 2. The number of benzene rings is 3. The number of halogens is 4. The number of imidazole rings is 1. The number of nitrogens with zero attached hydrogens (tertiary/aromatic N) is 3. The standard InChI is InChI=1S/C27H17ClF3N5O3/c28-19-7-2-5-17(13-19)25(37)32-20-8-3-9-21(14-20)39-24-11-10-23-33-22(15-36(23)35-24)34-26(38)16-4-1-6-18(12-16)27(29,30)31/h1-15H,(H,32,37)(H,34,38). The van der Waals surface area contributed by atoms with Crippen LogP contribution in [0.5, 0.6) is 11.6 Å². The van der Waals surface area contributed by atoms with Crippen molar-refractivity contribution in [3.8, 4) is 11.6 Å². The van der Waals surface area contributed by atoms with Crippen LogP contribution >= 0.6 is 11.6 Å². The van der Waals surface area contributed by atoms with Gasteiger partial charge in [0, 0.05) is 34.0 Å². The molecule has 0 radical (unpaired) electrons. The highest BCUT2D eigenvalue weighted by molar-refractivity contribution is 6.31. The fraction of sp³-hybridized carbons (Fsp3) is 0.0370. The highest BCUT2D eigenvalue weighted by atomic mass is 35.5. The Morgan fingerprint density at radius 3 is 2.33 bits per heavy atom. The van der Waals surface area contributed by atoms with E-state index in [1.807, 2.05) is 0 Å². The van der Waals surface area contributed by atoms with E-state index in [-0.39, 0.29) is 23.2 Å². The van der Waals surface area contributed by atoms with Crippen molar-refractivity contribution in [3.63, 3.8) is 0 Å². The molecule has 2 N–H and O–H groups in total. The predicted octanol–water partition coefficient (Wildman–Crippen LogP) is 6.70. The molecule has 2 amide bonds. The van der Waals surface area contributed by atoms with Gasteiger partial charge in [-0.3, -0.25) is 9.59 Å². The molecule has 0 atom stereocenters. The highest BCUT2D eigenvalue weighted by Crippen LogP contribution is 2.30. The van der Waals surface area contributed by atoms with Gasteiger partial charge in [-0.25, -0.2) is 9.50 Å². The van der Waals surface area contributed by atoms with Crippen molar-refractivity contribution in [1.29, 1.82) is 0 Å². The van der Waals surface area contributed by atoms with Crippen LogP contribution in [-0.2, 0) is 6.18 Å². The van der Waals surface area contributed by atoms with Crippen LogP contribution in [0, 0.1) is 0 Å². The van der Waals surface area contributed by atoms with E-state index in [9.17, 15) is 22.8 Å². The topological polar surface area (TPSA) is 97.6 Å². The second-order valence-electron chi connectivity index (χ2n) is 8.23. The van der Waals surface area contributed by atoms with Crippen molar-refractivity contribution in [2.45, 2.75) is 6.18 Å². The summed E-state index contributed by atoms with van der Waals surface area (Å²) in [6, 6.07) is 20.4. The highest BCUT2D eigenvalue weighted by Gasteiger charge is 2.31. The van der Waals surface area contributed by atoms with Crippen LogP contribution in [0.1, 0.15) is 26.3 Å². The van der Waals surface area contributed by atoms with Crippen molar-refractivity contribution in [3.05, 3.63) is 113 Å². The van der Waals surface area contributed by atoms with Crippen LogP contribution in [0.25, 0.3) is 5.65 Å². The molecule has 0 bridgehead atoms. The van der Waals surface area contributed by atoms with Gasteiger partial charge in [-0.05, 0) is 54.6 Å².